The van der Waals surface area contributed by atoms with Crippen LogP contribution >= 0.6 is 0 Å². The lowest BCUT2D eigenvalue weighted by Gasteiger charge is -2.59. The van der Waals surface area contributed by atoms with E-state index in [-0.39, 0.29) is 11.3 Å². The molecule has 0 spiro atoms. The molecule has 2 heteroatoms. The molecule has 0 aliphatic heterocycles. The molecular weight excluding hydrogens is 284 g/mol. The summed E-state index contributed by atoms with van der Waals surface area (Å²) in [5.74, 6) is 3.25. The van der Waals surface area contributed by atoms with Gasteiger partial charge in [-0.1, -0.05) is 19.9 Å². The second kappa shape index (κ2) is 5.04. The van der Waals surface area contributed by atoms with E-state index in [0.717, 1.165) is 12.8 Å². The van der Waals surface area contributed by atoms with Crippen LogP contribution in [0.2, 0.25) is 0 Å². The number of allylic oxidation sites excluding steroid dienone is 1. The minimum absolute atomic E-state index is 0.0194. The first-order valence-corrected chi connectivity index (χ1v) is 9.57. The Bertz CT molecular complexity index is 564. The fourth-order valence-electron chi connectivity index (χ4n) is 7.26. The molecule has 23 heavy (non-hydrogen) atoms. The fraction of sp³-hybridized carbons (Fsp3) is 0.810. The smallest absolute Gasteiger partial charge is 0.137 e. The molecule has 0 heterocycles. The van der Waals surface area contributed by atoms with Crippen LogP contribution in [0.25, 0.3) is 0 Å². The standard InChI is InChI=1S/C21H30O2/c1-4-13-5-6-16-15-12-19(23)18-11-14(22)7-9-21(18,3)17(15)8-10-20(13,16)2/h4,13,15-18H,1,5-12H2,2-3H3/t13-,15-,16-,17-,18+,20+,21+/m0/s1. The van der Waals surface area contributed by atoms with Gasteiger partial charge in [-0.15, -0.1) is 6.58 Å². The SMILES string of the molecule is C=C[C@H]1CC[C@H]2[C@@H]3CC(=O)[C@H]4CC(=O)CC[C@]4(C)[C@H]3CC[C@]12C. The molecule has 0 N–H and O–H groups in total. The Balaban J connectivity index is 1.69. The molecule has 0 radical (unpaired) electrons. The van der Waals surface area contributed by atoms with Crippen molar-refractivity contribution in [3.63, 3.8) is 0 Å². The quantitative estimate of drug-likeness (QED) is 0.664. The highest BCUT2D eigenvalue weighted by Crippen LogP contribution is 2.66. The minimum Gasteiger partial charge on any atom is -0.300 e. The highest BCUT2D eigenvalue weighted by molar-refractivity contribution is 5.90. The van der Waals surface area contributed by atoms with Gasteiger partial charge in [-0.25, -0.2) is 0 Å². The molecule has 2 nitrogen and oxygen atoms in total. The first-order chi connectivity index (χ1) is 10.9. The van der Waals surface area contributed by atoms with Crippen LogP contribution in [0.5, 0.6) is 0 Å². The molecule has 0 amide bonds. The molecular formula is C21H30O2. The van der Waals surface area contributed by atoms with E-state index in [0.29, 0.717) is 53.5 Å². The summed E-state index contributed by atoms with van der Waals surface area (Å²) in [5, 5.41) is 0. The van der Waals surface area contributed by atoms with E-state index in [1.807, 2.05) is 0 Å². The Labute approximate surface area is 140 Å². The first-order valence-electron chi connectivity index (χ1n) is 9.57. The number of carbonyl (C=O) groups excluding carboxylic acids is 2. The average molecular weight is 314 g/mol. The van der Waals surface area contributed by atoms with Gasteiger partial charge in [0.25, 0.3) is 0 Å². The molecule has 0 aromatic carbocycles. The van der Waals surface area contributed by atoms with Crippen LogP contribution in [-0.2, 0) is 9.59 Å². The van der Waals surface area contributed by atoms with Crippen LogP contribution < -0.4 is 0 Å². The van der Waals surface area contributed by atoms with Gasteiger partial charge in [-0.2, -0.15) is 0 Å². The summed E-state index contributed by atoms with van der Waals surface area (Å²) in [6.45, 7) is 8.87. The lowest BCUT2D eigenvalue weighted by Crippen LogP contribution is -2.56. The van der Waals surface area contributed by atoms with Crippen LogP contribution in [-0.4, -0.2) is 11.6 Å². The number of Topliss-reactive ketones (excluding diaryl/α,β-unsaturated/α-hetero) is 2. The van der Waals surface area contributed by atoms with Gasteiger partial charge in [0.15, 0.2) is 0 Å². The lowest BCUT2D eigenvalue weighted by atomic mass is 9.44. The zero-order valence-corrected chi connectivity index (χ0v) is 14.6. The lowest BCUT2D eigenvalue weighted by molar-refractivity contribution is -0.157. The van der Waals surface area contributed by atoms with E-state index < -0.39 is 0 Å². The number of hydrogen-bond donors (Lipinski definition) is 0. The van der Waals surface area contributed by atoms with Crippen LogP contribution in [0.3, 0.4) is 0 Å². The molecule has 0 aromatic heterocycles. The highest BCUT2D eigenvalue weighted by atomic mass is 16.1. The summed E-state index contributed by atoms with van der Waals surface area (Å²) in [6, 6.07) is 0. The second-order valence-corrected chi connectivity index (χ2v) is 9.31. The zero-order valence-electron chi connectivity index (χ0n) is 14.6. The van der Waals surface area contributed by atoms with Crippen molar-refractivity contribution in [1.29, 1.82) is 0 Å². The molecule has 7 atom stereocenters. The van der Waals surface area contributed by atoms with Crippen LogP contribution in [0.15, 0.2) is 12.7 Å². The Morgan fingerprint density at radius 1 is 1.00 bits per heavy atom. The molecule has 0 saturated heterocycles. The highest BCUT2D eigenvalue weighted by Gasteiger charge is 2.61. The van der Waals surface area contributed by atoms with E-state index in [1.165, 1.54) is 25.7 Å². The van der Waals surface area contributed by atoms with Gasteiger partial charge in [0.05, 0.1) is 0 Å². The maximum Gasteiger partial charge on any atom is 0.137 e. The maximum atomic E-state index is 12.9. The summed E-state index contributed by atoms with van der Waals surface area (Å²) in [5.41, 5.74) is 0.443. The van der Waals surface area contributed by atoms with Gasteiger partial charge in [0.1, 0.15) is 11.6 Å². The summed E-state index contributed by atoms with van der Waals surface area (Å²) < 4.78 is 0. The number of ketones is 2. The number of rotatable bonds is 1. The van der Waals surface area contributed by atoms with E-state index in [4.69, 9.17) is 0 Å². The second-order valence-electron chi connectivity index (χ2n) is 9.31. The Morgan fingerprint density at radius 2 is 1.74 bits per heavy atom. The van der Waals surface area contributed by atoms with Crippen molar-refractivity contribution in [2.45, 2.75) is 65.2 Å². The van der Waals surface area contributed by atoms with Crippen molar-refractivity contribution in [3.8, 4) is 0 Å². The maximum absolute atomic E-state index is 12.9. The Hall–Kier alpha value is -0.920. The Morgan fingerprint density at radius 3 is 2.48 bits per heavy atom. The molecule has 4 aliphatic rings. The van der Waals surface area contributed by atoms with Gasteiger partial charge >= 0.3 is 0 Å². The van der Waals surface area contributed by atoms with Crippen molar-refractivity contribution < 1.29 is 9.59 Å². The van der Waals surface area contributed by atoms with Gasteiger partial charge in [-0.05, 0) is 66.6 Å². The van der Waals surface area contributed by atoms with E-state index in [9.17, 15) is 9.59 Å². The van der Waals surface area contributed by atoms with E-state index in [1.54, 1.807) is 0 Å². The third kappa shape index (κ3) is 1.99. The van der Waals surface area contributed by atoms with Crippen LogP contribution in [0, 0.1) is 40.4 Å². The third-order valence-corrected chi connectivity index (χ3v) is 8.64. The van der Waals surface area contributed by atoms with Gasteiger partial charge < -0.3 is 0 Å². The molecule has 0 aromatic rings. The average Bonchev–Trinajstić information content (AvgIpc) is 2.86. The van der Waals surface area contributed by atoms with Crippen molar-refractivity contribution >= 4 is 11.6 Å². The molecule has 4 rings (SSSR count). The first kappa shape index (κ1) is 15.6. The fourth-order valence-corrected chi connectivity index (χ4v) is 7.26. The van der Waals surface area contributed by atoms with Crippen molar-refractivity contribution in [2.24, 2.45) is 40.4 Å². The summed E-state index contributed by atoms with van der Waals surface area (Å²) in [7, 11) is 0. The van der Waals surface area contributed by atoms with Crippen LogP contribution in [0.4, 0.5) is 0 Å². The van der Waals surface area contributed by atoms with Gasteiger partial charge in [-0.3, -0.25) is 9.59 Å². The summed E-state index contributed by atoms with van der Waals surface area (Å²) in [4.78, 5) is 24.8. The van der Waals surface area contributed by atoms with Gasteiger partial charge in [0, 0.05) is 25.2 Å². The third-order valence-electron chi connectivity index (χ3n) is 8.64. The molecule has 4 saturated carbocycles. The topological polar surface area (TPSA) is 34.1 Å². The number of carbonyl (C=O) groups is 2. The Kier molecular flexibility index (Phi) is 3.42. The summed E-state index contributed by atoms with van der Waals surface area (Å²) in [6.07, 6.45) is 10.1. The minimum atomic E-state index is 0.0194. The normalized spacial score (nSPS) is 52.5. The van der Waals surface area contributed by atoms with Crippen molar-refractivity contribution in [2.75, 3.05) is 0 Å². The van der Waals surface area contributed by atoms with Crippen molar-refractivity contribution in [3.05, 3.63) is 12.7 Å². The largest absolute Gasteiger partial charge is 0.300 e. The monoisotopic (exact) mass is 314 g/mol. The molecule has 0 unspecified atom stereocenters. The summed E-state index contributed by atoms with van der Waals surface area (Å²) >= 11 is 0. The number of fused-ring (bicyclic) bond motifs is 5. The van der Waals surface area contributed by atoms with Crippen LogP contribution in [0.1, 0.15) is 65.2 Å². The molecule has 126 valence electrons. The predicted octanol–water partition coefficient (Wildman–Crippen LogP) is 4.58. The van der Waals surface area contributed by atoms with E-state index in [2.05, 4.69) is 26.5 Å². The number of hydrogen-bond acceptors (Lipinski definition) is 2. The van der Waals surface area contributed by atoms with Crippen molar-refractivity contribution in [1.82, 2.24) is 0 Å². The molecule has 0 bridgehead atoms. The molecule has 4 aliphatic carbocycles. The van der Waals surface area contributed by atoms with Gasteiger partial charge in [0.2, 0.25) is 0 Å². The molecule has 4 fully saturated rings. The predicted molar refractivity (Wildman–Crippen MR) is 90.8 cm³/mol. The zero-order chi connectivity index (χ0) is 16.4. The van der Waals surface area contributed by atoms with E-state index >= 15 is 0 Å².